The maximum Gasteiger partial charge on any atom is 0.332 e. The number of rotatable bonds is 6. The third-order valence-corrected chi connectivity index (χ3v) is 0.700. The van der Waals surface area contributed by atoms with Gasteiger partial charge in [-0.25, -0.2) is 10.3 Å². The van der Waals surface area contributed by atoms with Gasteiger partial charge in [-0.2, -0.15) is 0 Å². The van der Waals surface area contributed by atoms with Gasteiger partial charge in [0.05, 0.1) is 6.61 Å². The lowest BCUT2D eigenvalue weighted by Crippen LogP contribution is -2.20. The molecule has 0 aromatic heterocycles. The number of hydrogen-bond acceptors (Lipinski definition) is 4. The zero-order chi connectivity index (χ0) is 8.69. The minimum atomic E-state index is -1.05. The first kappa shape index (κ1) is 9.77. The quantitative estimate of drug-likeness (QED) is 0.427. The lowest BCUT2D eigenvalue weighted by molar-refractivity contribution is -0.145. The summed E-state index contributed by atoms with van der Waals surface area (Å²) in [5.74, 6) is -0.851. The monoisotopic (exact) mass is 161 g/mol. The van der Waals surface area contributed by atoms with Crippen molar-refractivity contribution in [1.29, 1.82) is 0 Å². The Bertz CT molecular complexity index is 146. The second-order valence-electron chi connectivity index (χ2n) is 1.64. The second-order valence-corrected chi connectivity index (χ2v) is 1.64. The summed E-state index contributed by atoms with van der Waals surface area (Å²) in [4.78, 5) is 14.3. The van der Waals surface area contributed by atoms with Crippen molar-refractivity contribution in [2.24, 2.45) is 0 Å². The predicted octanol–water partition coefficient (Wildman–Crippen LogP) is 0.0999. The third kappa shape index (κ3) is 6.66. The van der Waals surface area contributed by atoms with Crippen LogP contribution in [0.3, 0.4) is 0 Å². The minimum absolute atomic E-state index is 0.203. The molecule has 2 N–H and O–H groups in total. The first-order valence-corrected chi connectivity index (χ1v) is 3.08. The highest BCUT2D eigenvalue weighted by molar-refractivity contribution is 5.67. The first-order valence-electron chi connectivity index (χ1n) is 3.08. The topological polar surface area (TPSA) is 67.8 Å². The molecule has 0 rings (SSSR count). The largest absolute Gasteiger partial charge is 0.479 e. The molecule has 0 unspecified atom stereocenters. The molecule has 0 amide bonds. The number of carboxylic acids is 1. The highest BCUT2D eigenvalue weighted by atomic mass is 16.7. The summed E-state index contributed by atoms with van der Waals surface area (Å²) in [5.41, 5.74) is 2.22. The van der Waals surface area contributed by atoms with Crippen molar-refractivity contribution in [3.05, 3.63) is 12.5 Å². The van der Waals surface area contributed by atoms with Crippen LogP contribution in [0, 0.1) is 0 Å². The predicted molar refractivity (Wildman–Crippen MR) is 37.5 cm³/mol. The van der Waals surface area contributed by atoms with Gasteiger partial charge < -0.3 is 9.84 Å². The molecular weight excluding hydrogens is 150 g/mol. The number of carbonyl (C=O) groups is 1. The maximum absolute atomic E-state index is 9.90. The fraction of sp³-hybridized carbons (Fsp3) is 0.500. The van der Waals surface area contributed by atoms with Crippen LogP contribution >= 0.6 is 0 Å². The molecule has 0 radical (unpaired) electrons. The zero-order valence-electron chi connectivity index (χ0n) is 6.29. The van der Waals surface area contributed by atoms with Gasteiger partial charge in [-0.05, 0) is 13.5 Å². The molecule has 0 saturated carbocycles. The Morgan fingerprint density at radius 2 is 2.36 bits per heavy atom. The van der Waals surface area contributed by atoms with Gasteiger partial charge in [-0.3, -0.25) is 4.84 Å². The zero-order valence-corrected chi connectivity index (χ0v) is 6.29. The molecule has 0 heterocycles. The van der Waals surface area contributed by atoms with Crippen LogP contribution in [0.4, 0.5) is 0 Å². The smallest absolute Gasteiger partial charge is 0.332 e. The van der Waals surface area contributed by atoms with E-state index in [1.165, 1.54) is 0 Å². The average molecular weight is 161 g/mol. The first-order chi connectivity index (χ1) is 5.16. The number of nitrogens with one attached hydrogen (secondary N) is 1. The standard InChI is InChI=1S/C6H11NO4/c1-3-10-5(2)7-11-4-6(8)9/h7H,2-4H2,1H3,(H,8,9). The SMILES string of the molecule is C=C(NOCC(=O)O)OCC. The van der Waals surface area contributed by atoms with E-state index in [0.717, 1.165) is 0 Å². The highest BCUT2D eigenvalue weighted by Crippen LogP contribution is 1.85. The van der Waals surface area contributed by atoms with Crippen molar-refractivity contribution in [1.82, 2.24) is 5.48 Å². The van der Waals surface area contributed by atoms with Crippen LogP contribution < -0.4 is 5.48 Å². The van der Waals surface area contributed by atoms with Gasteiger partial charge in [0.15, 0.2) is 6.61 Å². The van der Waals surface area contributed by atoms with Crippen molar-refractivity contribution in [3.63, 3.8) is 0 Å². The van der Waals surface area contributed by atoms with Crippen LogP contribution in [0.1, 0.15) is 6.92 Å². The number of aliphatic carboxylic acids is 1. The summed E-state index contributed by atoms with van der Waals surface area (Å²) in [6, 6.07) is 0. The lowest BCUT2D eigenvalue weighted by atomic mass is 10.8. The Hall–Kier alpha value is -1.23. The van der Waals surface area contributed by atoms with E-state index in [-0.39, 0.29) is 5.88 Å². The van der Waals surface area contributed by atoms with Gasteiger partial charge in [0.1, 0.15) is 0 Å². The molecule has 0 aromatic carbocycles. The summed E-state index contributed by atoms with van der Waals surface area (Å²) < 4.78 is 4.80. The summed E-state index contributed by atoms with van der Waals surface area (Å²) in [5, 5.41) is 8.12. The van der Waals surface area contributed by atoms with Crippen LogP contribution in [0.15, 0.2) is 12.5 Å². The van der Waals surface area contributed by atoms with Gasteiger partial charge in [0.2, 0.25) is 5.88 Å². The second kappa shape index (κ2) is 5.55. The Balaban J connectivity index is 3.24. The molecule has 0 spiro atoms. The van der Waals surface area contributed by atoms with E-state index < -0.39 is 12.6 Å². The molecule has 0 aliphatic carbocycles. The maximum atomic E-state index is 9.90. The van der Waals surface area contributed by atoms with Crippen molar-refractivity contribution in [3.8, 4) is 0 Å². The van der Waals surface area contributed by atoms with E-state index in [1.807, 2.05) is 0 Å². The average Bonchev–Trinajstić information content (AvgIpc) is 1.87. The van der Waals surface area contributed by atoms with Crippen LogP contribution in [0.25, 0.3) is 0 Å². The summed E-state index contributed by atoms with van der Waals surface area (Å²) in [6.07, 6.45) is 0. The van der Waals surface area contributed by atoms with Crippen molar-refractivity contribution < 1.29 is 19.5 Å². The minimum Gasteiger partial charge on any atom is -0.479 e. The molecule has 11 heavy (non-hydrogen) atoms. The van der Waals surface area contributed by atoms with E-state index >= 15 is 0 Å². The van der Waals surface area contributed by atoms with E-state index in [4.69, 9.17) is 9.84 Å². The molecule has 0 bridgehead atoms. The number of hydroxylamine groups is 1. The van der Waals surface area contributed by atoms with E-state index in [2.05, 4.69) is 16.9 Å². The highest BCUT2D eigenvalue weighted by Gasteiger charge is 1.96. The molecule has 0 aromatic rings. The van der Waals surface area contributed by atoms with Gasteiger partial charge in [0.25, 0.3) is 0 Å². The van der Waals surface area contributed by atoms with Gasteiger partial charge >= 0.3 is 5.97 Å². The molecule has 5 nitrogen and oxygen atoms in total. The van der Waals surface area contributed by atoms with E-state index in [1.54, 1.807) is 6.92 Å². The third-order valence-electron chi connectivity index (χ3n) is 0.700. The molecule has 64 valence electrons. The van der Waals surface area contributed by atoms with Crippen LogP contribution in [0.2, 0.25) is 0 Å². The van der Waals surface area contributed by atoms with Crippen LogP contribution in [-0.4, -0.2) is 24.3 Å². The fourth-order valence-corrected chi connectivity index (χ4v) is 0.382. The van der Waals surface area contributed by atoms with Gasteiger partial charge in [0, 0.05) is 0 Å². The molecule has 0 aliphatic rings. The molecule has 0 fully saturated rings. The lowest BCUT2D eigenvalue weighted by Gasteiger charge is -2.07. The summed E-state index contributed by atoms with van der Waals surface area (Å²) >= 11 is 0. The Labute approximate surface area is 64.6 Å². The fourth-order valence-electron chi connectivity index (χ4n) is 0.382. The van der Waals surface area contributed by atoms with Gasteiger partial charge in [-0.15, -0.1) is 0 Å². The molecule has 5 heteroatoms. The normalized spacial score (nSPS) is 8.82. The number of hydrogen-bond donors (Lipinski definition) is 2. The van der Waals surface area contributed by atoms with E-state index in [0.29, 0.717) is 6.61 Å². The Kier molecular flexibility index (Phi) is 4.93. The summed E-state index contributed by atoms with van der Waals surface area (Å²) in [7, 11) is 0. The molecule has 0 aliphatic heterocycles. The van der Waals surface area contributed by atoms with Crippen LogP contribution in [-0.2, 0) is 14.4 Å². The number of carboxylic acid groups (broad SMARTS) is 1. The van der Waals surface area contributed by atoms with Crippen molar-refractivity contribution in [2.75, 3.05) is 13.2 Å². The van der Waals surface area contributed by atoms with E-state index in [9.17, 15) is 4.79 Å². The molecular formula is C6H11NO4. The summed E-state index contributed by atoms with van der Waals surface area (Å²) in [6.45, 7) is 5.21. The Morgan fingerprint density at radius 3 is 2.82 bits per heavy atom. The van der Waals surface area contributed by atoms with Gasteiger partial charge in [-0.1, -0.05) is 0 Å². The van der Waals surface area contributed by atoms with Crippen molar-refractivity contribution >= 4 is 5.97 Å². The Morgan fingerprint density at radius 1 is 1.73 bits per heavy atom. The van der Waals surface area contributed by atoms with Crippen LogP contribution in [0.5, 0.6) is 0 Å². The molecule has 0 atom stereocenters. The van der Waals surface area contributed by atoms with Crippen molar-refractivity contribution in [2.45, 2.75) is 6.92 Å². The molecule has 0 saturated heterocycles. The number of ether oxygens (including phenoxy) is 1.